The van der Waals surface area contributed by atoms with E-state index in [2.05, 4.69) is 62.4 Å². The summed E-state index contributed by atoms with van der Waals surface area (Å²) in [7, 11) is 0. The van der Waals surface area contributed by atoms with Crippen molar-refractivity contribution in [2.75, 3.05) is 13.1 Å². The van der Waals surface area contributed by atoms with Gasteiger partial charge in [-0.2, -0.15) is 0 Å². The van der Waals surface area contributed by atoms with E-state index >= 15 is 0 Å². The van der Waals surface area contributed by atoms with Crippen molar-refractivity contribution in [1.29, 1.82) is 0 Å². The Morgan fingerprint density at radius 3 is 3.00 bits per heavy atom. The summed E-state index contributed by atoms with van der Waals surface area (Å²) in [6.45, 7) is 6.85. The van der Waals surface area contributed by atoms with Gasteiger partial charge in [-0.25, -0.2) is 4.98 Å². The molecule has 1 saturated heterocycles. The van der Waals surface area contributed by atoms with Crippen molar-refractivity contribution in [3.05, 3.63) is 34.8 Å². The van der Waals surface area contributed by atoms with E-state index in [1.165, 1.54) is 18.8 Å². The summed E-state index contributed by atoms with van der Waals surface area (Å²) in [6, 6.07) is 4.76. The largest absolute Gasteiger partial charge is 0.302 e. The fourth-order valence-corrected chi connectivity index (χ4v) is 3.22. The van der Waals surface area contributed by atoms with Gasteiger partial charge in [0.15, 0.2) is 0 Å². The van der Waals surface area contributed by atoms with E-state index in [0.717, 1.165) is 16.5 Å². The Balaban J connectivity index is 1.94. The molecule has 0 spiro atoms. The van der Waals surface area contributed by atoms with E-state index in [9.17, 15) is 0 Å². The lowest BCUT2D eigenvalue weighted by Crippen LogP contribution is -2.28. The van der Waals surface area contributed by atoms with E-state index in [-0.39, 0.29) is 0 Å². The van der Waals surface area contributed by atoms with Crippen molar-refractivity contribution in [2.24, 2.45) is 0 Å². The quantitative estimate of drug-likeness (QED) is 0.848. The number of likely N-dealkylation sites (tertiary alicyclic amines) is 1. The van der Waals surface area contributed by atoms with Gasteiger partial charge in [0, 0.05) is 29.2 Å². The van der Waals surface area contributed by atoms with E-state index < -0.39 is 0 Å². The van der Waals surface area contributed by atoms with Crippen molar-refractivity contribution in [1.82, 2.24) is 14.3 Å². The molecule has 0 aromatic carbocycles. The molecule has 0 amide bonds. The minimum absolute atomic E-state index is 0.559. The van der Waals surface area contributed by atoms with Crippen LogP contribution in [0.4, 0.5) is 0 Å². The number of fused-ring (bicyclic) bond motifs is 1. The average molecular weight is 308 g/mol. The van der Waals surface area contributed by atoms with Gasteiger partial charge in [0.2, 0.25) is 0 Å². The number of imidazole rings is 1. The Morgan fingerprint density at radius 1 is 1.44 bits per heavy atom. The highest BCUT2D eigenvalue weighted by Crippen LogP contribution is 2.29. The molecule has 3 heterocycles. The van der Waals surface area contributed by atoms with Crippen molar-refractivity contribution in [2.45, 2.75) is 32.2 Å². The van der Waals surface area contributed by atoms with Gasteiger partial charge < -0.3 is 9.30 Å². The van der Waals surface area contributed by atoms with Crippen LogP contribution in [0.1, 0.15) is 32.0 Å². The van der Waals surface area contributed by atoms with Crippen molar-refractivity contribution >= 4 is 21.4 Å². The van der Waals surface area contributed by atoms with Gasteiger partial charge in [-0.05, 0) is 54.9 Å². The zero-order chi connectivity index (χ0) is 12.7. The molecule has 1 atom stereocenters. The molecule has 2 aromatic rings. The third-order valence-corrected chi connectivity index (χ3v) is 4.53. The zero-order valence-corrected chi connectivity index (χ0v) is 12.4. The van der Waals surface area contributed by atoms with Crippen LogP contribution in [-0.2, 0) is 0 Å². The molecule has 0 aliphatic carbocycles. The molecule has 0 radical (unpaired) electrons. The van der Waals surface area contributed by atoms with Gasteiger partial charge in [0.25, 0.3) is 0 Å². The first-order chi connectivity index (χ1) is 8.66. The van der Waals surface area contributed by atoms with Gasteiger partial charge in [-0.15, -0.1) is 0 Å². The molecule has 1 aliphatic rings. The highest BCUT2D eigenvalue weighted by atomic mass is 79.9. The molecule has 4 heteroatoms. The molecule has 96 valence electrons. The van der Waals surface area contributed by atoms with Crippen LogP contribution in [0.3, 0.4) is 0 Å². The lowest BCUT2D eigenvalue weighted by molar-refractivity contribution is 0.272. The second-order valence-corrected chi connectivity index (χ2v) is 6.16. The third kappa shape index (κ3) is 1.97. The first-order valence-electron chi connectivity index (χ1n) is 6.52. The number of aromatic nitrogens is 2. The van der Waals surface area contributed by atoms with Gasteiger partial charge in [-0.3, -0.25) is 0 Å². The van der Waals surface area contributed by atoms with Crippen LogP contribution in [0, 0.1) is 0 Å². The number of nitrogens with zero attached hydrogens (tertiary/aromatic N) is 3. The normalized spacial score (nSPS) is 21.2. The zero-order valence-electron chi connectivity index (χ0n) is 10.8. The second-order valence-electron chi connectivity index (χ2n) is 5.30. The Labute approximate surface area is 116 Å². The lowest BCUT2D eigenvalue weighted by Gasteiger charge is -2.19. The average Bonchev–Trinajstić information content (AvgIpc) is 2.94. The lowest BCUT2D eigenvalue weighted by atomic mass is 10.1. The highest BCUT2D eigenvalue weighted by molar-refractivity contribution is 9.10. The standard InChI is InChI=1S/C14H18BrN3/c1-10(2)17-7-5-11(9-17)14-16-8-13-12(15)4-3-6-18(13)14/h3-4,6,8,10-11H,5,7,9H2,1-2H3. The number of pyridine rings is 1. The predicted octanol–water partition coefficient (Wildman–Crippen LogP) is 3.29. The Bertz CT molecular complexity index is 561. The molecular weight excluding hydrogens is 290 g/mol. The van der Waals surface area contributed by atoms with Crippen molar-refractivity contribution in [3.63, 3.8) is 0 Å². The summed E-state index contributed by atoms with van der Waals surface area (Å²) < 4.78 is 3.33. The monoisotopic (exact) mass is 307 g/mol. The van der Waals surface area contributed by atoms with Gasteiger partial charge in [0.05, 0.1) is 11.7 Å². The summed E-state index contributed by atoms with van der Waals surface area (Å²) in [5, 5.41) is 0. The first-order valence-corrected chi connectivity index (χ1v) is 7.31. The fraction of sp³-hybridized carbons (Fsp3) is 0.500. The van der Waals surface area contributed by atoms with Crippen LogP contribution in [0.15, 0.2) is 29.0 Å². The van der Waals surface area contributed by atoms with E-state index in [1.54, 1.807) is 0 Å². The minimum atomic E-state index is 0.559. The number of rotatable bonds is 2. The summed E-state index contributed by atoms with van der Waals surface area (Å²) >= 11 is 3.58. The molecule has 3 rings (SSSR count). The molecule has 0 saturated carbocycles. The van der Waals surface area contributed by atoms with Gasteiger partial charge in [-0.1, -0.05) is 0 Å². The maximum atomic E-state index is 4.64. The Morgan fingerprint density at radius 2 is 2.28 bits per heavy atom. The van der Waals surface area contributed by atoms with Crippen molar-refractivity contribution < 1.29 is 0 Å². The number of hydrogen-bond donors (Lipinski definition) is 0. The number of hydrogen-bond acceptors (Lipinski definition) is 2. The highest BCUT2D eigenvalue weighted by Gasteiger charge is 2.28. The summed E-state index contributed by atoms with van der Waals surface area (Å²) in [5.41, 5.74) is 1.16. The number of halogens is 1. The van der Waals surface area contributed by atoms with Gasteiger partial charge in [0.1, 0.15) is 5.82 Å². The molecular formula is C14H18BrN3. The maximum Gasteiger partial charge on any atom is 0.117 e. The van der Waals surface area contributed by atoms with Crippen LogP contribution >= 0.6 is 15.9 Å². The summed E-state index contributed by atoms with van der Waals surface area (Å²) in [4.78, 5) is 7.17. The molecule has 18 heavy (non-hydrogen) atoms. The SMILES string of the molecule is CC(C)N1CCC(c2ncc3c(Br)cccn23)C1. The molecule has 1 aliphatic heterocycles. The van der Waals surface area contributed by atoms with E-state index in [4.69, 9.17) is 0 Å². The van der Waals surface area contributed by atoms with Gasteiger partial charge >= 0.3 is 0 Å². The van der Waals surface area contributed by atoms with Crippen LogP contribution in [0.25, 0.3) is 5.52 Å². The van der Waals surface area contributed by atoms with Crippen LogP contribution in [0.5, 0.6) is 0 Å². The topological polar surface area (TPSA) is 20.5 Å². The predicted molar refractivity (Wildman–Crippen MR) is 77.0 cm³/mol. The van der Waals surface area contributed by atoms with E-state index in [1.807, 2.05) is 6.20 Å². The third-order valence-electron chi connectivity index (χ3n) is 3.86. The Hall–Kier alpha value is -0.870. The minimum Gasteiger partial charge on any atom is -0.302 e. The molecule has 1 fully saturated rings. The first kappa shape index (κ1) is 12.2. The van der Waals surface area contributed by atoms with E-state index in [0.29, 0.717) is 12.0 Å². The molecule has 2 aromatic heterocycles. The smallest absolute Gasteiger partial charge is 0.117 e. The Kier molecular flexibility index (Phi) is 3.16. The van der Waals surface area contributed by atoms with Crippen LogP contribution in [-0.4, -0.2) is 33.4 Å². The van der Waals surface area contributed by atoms with Crippen molar-refractivity contribution in [3.8, 4) is 0 Å². The molecule has 1 unspecified atom stereocenters. The molecule has 3 nitrogen and oxygen atoms in total. The molecule has 0 N–H and O–H groups in total. The molecule has 0 bridgehead atoms. The van der Waals surface area contributed by atoms with Crippen LogP contribution in [0.2, 0.25) is 0 Å². The fourth-order valence-electron chi connectivity index (χ4n) is 2.78. The second kappa shape index (κ2) is 4.67. The summed E-state index contributed by atoms with van der Waals surface area (Å²) in [5.74, 6) is 1.76. The maximum absolute atomic E-state index is 4.64. The van der Waals surface area contributed by atoms with Crippen LogP contribution < -0.4 is 0 Å². The summed E-state index contributed by atoms with van der Waals surface area (Å²) in [6.07, 6.45) is 5.29.